The maximum atomic E-state index is 11.1. The summed E-state index contributed by atoms with van der Waals surface area (Å²) in [5.41, 5.74) is 1.72. The zero-order valence-corrected chi connectivity index (χ0v) is 12.8. The average Bonchev–Trinajstić information content (AvgIpc) is 2.38. The van der Waals surface area contributed by atoms with E-state index in [2.05, 4.69) is 24.1 Å². The number of nitrogens with zero attached hydrogens (tertiary/aromatic N) is 2. The van der Waals surface area contributed by atoms with E-state index in [9.17, 15) is 10.1 Å². The van der Waals surface area contributed by atoms with Crippen molar-refractivity contribution in [1.29, 1.82) is 0 Å². The van der Waals surface area contributed by atoms with Gasteiger partial charge in [-0.25, -0.2) is 0 Å². The molecule has 0 aromatic heterocycles. The minimum absolute atomic E-state index is 0.154. The van der Waals surface area contributed by atoms with Gasteiger partial charge in [0, 0.05) is 19.2 Å². The molecule has 0 radical (unpaired) electrons. The molecular weight excluding hydrogens is 254 g/mol. The van der Waals surface area contributed by atoms with Crippen molar-refractivity contribution in [3.05, 3.63) is 33.9 Å². The zero-order chi connectivity index (χ0) is 15.1. The standard InChI is InChI=1S/C15H25N3O2/c1-5-16-14-7-6-13(10-15(14)18(19)20)11-17(4)9-8-12(2)3/h6-7,10,12,16H,5,8-9,11H2,1-4H3. The molecule has 1 rings (SSSR count). The number of anilines is 1. The molecule has 0 aliphatic carbocycles. The fourth-order valence-corrected chi connectivity index (χ4v) is 2.04. The van der Waals surface area contributed by atoms with Crippen molar-refractivity contribution in [2.75, 3.05) is 25.5 Å². The van der Waals surface area contributed by atoms with E-state index in [0.29, 0.717) is 18.2 Å². The Morgan fingerprint density at radius 1 is 1.40 bits per heavy atom. The molecule has 0 bridgehead atoms. The van der Waals surface area contributed by atoms with Crippen LogP contribution in [-0.4, -0.2) is 30.0 Å². The molecule has 112 valence electrons. The molecule has 5 heteroatoms. The zero-order valence-electron chi connectivity index (χ0n) is 12.8. The lowest BCUT2D eigenvalue weighted by Crippen LogP contribution is -2.20. The highest BCUT2D eigenvalue weighted by molar-refractivity contribution is 5.62. The summed E-state index contributed by atoms with van der Waals surface area (Å²) in [7, 11) is 2.05. The van der Waals surface area contributed by atoms with Crippen molar-refractivity contribution >= 4 is 11.4 Å². The van der Waals surface area contributed by atoms with Crippen molar-refractivity contribution in [3.8, 4) is 0 Å². The third-order valence-corrected chi connectivity index (χ3v) is 3.17. The summed E-state index contributed by atoms with van der Waals surface area (Å²) >= 11 is 0. The molecule has 0 saturated carbocycles. The Kier molecular flexibility index (Phi) is 6.45. The van der Waals surface area contributed by atoms with E-state index in [1.807, 2.05) is 20.0 Å². The second-order valence-electron chi connectivity index (χ2n) is 5.56. The second kappa shape index (κ2) is 7.85. The van der Waals surface area contributed by atoms with Crippen LogP contribution in [0.5, 0.6) is 0 Å². The van der Waals surface area contributed by atoms with Gasteiger partial charge in [0.2, 0.25) is 0 Å². The lowest BCUT2D eigenvalue weighted by atomic mass is 10.1. The molecule has 1 aromatic rings. The third kappa shape index (κ3) is 5.17. The highest BCUT2D eigenvalue weighted by Gasteiger charge is 2.14. The molecule has 20 heavy (non-hydrogen) atoms. The van der Waals surface area contributed by atoms with Crippen molar-refractivity contribution in [2.24, 2.45) is 5.92 Å². The van der Waals surface area contributed by atoms with E-state index in [1.165, 1.54) is 0 Å². The molecule has 0 saturated heterocycles. The number of nitro groups is 1. The summed E-state index contributed by atoms with van der Waals surface area (Å²) in [5, 5.41) is 14.1. The molecule has 1 N–H and O–H groups in total. The van der Waals surface area contributed by atoms with Crippen LogP contribution in [0.15, 0.2) is 18.2 Å². The molecule has 5 nitrogen and oxygen atoms in total. The van der Waals surface area contributed by atoms with Gasteiger partial charge in [-0.1, -0.05) is 19.9 Å². The Morgan fingerprint density at radius 2 is 2.10 bits per heavy atom. The molecular formula is C15H25N3O2. The number of nitro benzene ring substituents is 1. The first kappa shape index (κ1) is 16.4. The maximum Gasteiger partial charge on any atom is 0.292 e. The van der Waals surface area contributed by atoms with Gasteiger partial charge in [-0.3, -0.25) is 10.1 Å². The normalized spacial score (nSPS) is 11.1. The van der Waals surface area contributed by atoms with Crippen LogP contribution in [0.4, 0.5) is 11.4 Å². The summed E-state index contributed by atoms with van der Waals surface area (Å²) in [6.07, 6.45) is 1.13. The largest absolute Gasteiger partial charge is 0.380 e. The van der Waals surface area contributed by atoms with Crippen molar-refractivity contribution in [2.45, 2.75) is 33.7 Å². The summed E-state index contributed by atoms with van der Waals surface area (Å²) in [6, 6.07) is 5.42. The Labute approximate surface area is 121 Å². The Balaban J connectivity index is 2.76. The lowest BCUT2D eigenvalue weighted by Gasteiger charge is -2.18. The first-order valence-electron chi connectivity index (χ1n) is 7.13. The van der Waals surface area contributed by atoms with Crippen molar-refractivity contribution < 1.29 is 4.92 Å². The van der Waals surface area contributed by atoms with Crippen LogP contribution in [0, 0.1) is 16.0 Å². The summed E-state index contributed by atoms with van der Waals surface area (Å²) in [6.45, 7) is 8.74. The first-order chi connectivity index (χ1) is 9.43. The molecule has 0 aliphatic heterocycles. The van der Waals surface area contributed by atoms with Gasteiger partial charge in [0.25, 0.3) is 5.69 Å². The topological polar surface area (TPSA) is 58.4 Å². The van der Waals surface area contributed by atoms with Gasteiger partial charge >= 0.3 is 0 Å². The Hall–Kier alpha value is -1.62. The van der Waals surface area contributed by atoms with Crippen LogP contribution in [-0.2, 0) is 6.54 Å². The molecule has 0 aliphatic rings. The van der Waals surface area contributed by atoms with E-state index in [4.69, 9.17) is 0 Å². The molecule has 0 amide bonds. The van der Waals surface area contributed by atoms with E-state index < -0.39 is 0 Å². The highest BCUT2D eigenvalue weighted by Crippen LogP contribution is 2.26. The SMILES string of the molecule is CCNc1ccc(CN(C)CCC(C)C)cc1[N+](=O)[O-]. The third-order valence-electron chi connectivity index (χ3n) is 3.17. The average molecular weight is 279 g/mol. The van der Waals surface area contributed by atoms with E-state index >= 15 is 0 Å². The predicted octanol–water partition coefficient (Wildman–Crippen LogP) is 3.50. The first-order valence-corrected chi connectivity index (χ1v) is 7.13. The molecule has 1 aromatic carbocycles. The van der Waals surface area contributed by atoms with Gasteiger partial charge in [0.1, 0.15) is 5.69 Å². The number of benzene rings is 1. The smallest absolute Gasteiger partial charge is 0.292 e. The Bertz CT molecular complexity index is 447. The van der Waals surface area contributed by atoms with Crippen molar-refractivity contribution in [3.63, 3.8) is 0 Å². The number of hydrogen-bond acceptors (Lipinski definition) is 4. The minimum atomic E-state index is -0.324. The maximum absolute atomic E-state index is 11.1. The lowest BCUT2D eigenvalue weighted by molar-refractivity contribution is -0.384. The summed E-state index contributed by atoms with van der Waals surface area (Å²) < 4.78 is 0. The van der Waals surface area contributed by atoms with Crippen LogP contribution >= 0.6 is 0 Å². The Morgan fingerprint density at radius 3 is 2.65 bits per heavy atom. The summed E-state index contributed by atoms with van der Waals surface area (Å²) in [4.78, 5) is 13.0. The van der Waals surface area contributed by atoms with Gasteiger partial charge in [-0.15, -0.1) is 0 Å². The van der Waals surface area contributed by atoms with E-state index in [1.54, 1.807) is 12.1 Å². The predicted molar refractivity (Wildman–Crippen MR) is 83.0 cm³/mol. The number of nitrogens with one attached hydrogen (secondary N) is 1. The van der Waals surface area contributed by atoms with E-state index in [0.717, 1.165) is 25.1 Å². The van der Waals surface area contributed by atoms with Crippen LogP contribution in [0.3, 0.4) is 0 Å². The quantitative estimate of drug-likeness (QED) is 0.584. The van der Waals surface area contributed by atoms with Crippen molar-refractivity contribution in [1.82, 2.24) is 4.90 Å². The van der Waals surface area contributed by atoms with Crippen LogP contribution in [0.2, 0.25) is 0 Å². The highest BCUT2D eigenvalue weighted by atomic mass is 16.6. The fraction of sp³-hybridized carbons (Fsp3) is 0.600. The van der Waals surface area contributed by atoms with Gasteiger partial charge in [-0.2, -0.15) is 0 Å². The molecule has 0 unspecified atom stereocenters. The number of rotatable bonds is 8. The van der Waals surface area contributed by atoms with Gasteiger partial charge in [0.15, 0.2) is 0 Å². The molecule has 0 atom stereocenters. The fourth-order valence-electron chi connectivity index (χ4n) is 2.04. The summed E-state index contributed by atoms with van der Waals surface area (Å²) in [5.74, 6) is 0.669. The molecule has 0 spiro atoms. The van der Waals surface area contributed by atoms with Gasteiger partial charge in [0.05, 0.1) is 4.92 Å². The molecule has 0 fully saturated rings. The van der Waals surface area contributed by atoms with E-state index in [-0.39, 0.29) is 10.6 Å². The second-order valence-corrected chi connectivity index (χ2v) is 5.56. The number of hydrogen-bond donors (Lipinski definition) is 1. The van der Waals surface area contributed by atoms with Gasteiger partial charge < -0.3 is 10.2 Å². The van der Waals surface area contributed by atoms with Crippen LogP contribution < -0.4 is 5.32 Å². The monoisotopic (exact) mass is 279 g/mol. The van der Waals surface area contributed by atoms with Gasteiger partial charge in [-0.05, 0) is 44.5 Å². The van der Waals surface area contributed by atoms with Crippen LogP contribution in [0.25, 0.3) is 0 Å². The molecule has 0 heterocycles. The van der Waals surface area contributed by atoms with Crippen LogP contribution in [0.1, 0.15) is 32.8 Å². The minimum Gasteiger partial charge on any atom is -0.380 e.